The summed E-state index contributed by atoms with van der Waals surface area (Å²) in [5.41, 5.74) is 5.17. The van der Waals surface area contributed by atoms with Crippen LogP contribution < -0.4 is 9.62 Å². The lowest BCUT2D eigenvalue weighted by atomic mass is 10.1. The maximum absolute atomic E-state index is 12.6. The highest BCUT2D eigenvalue weighted by Gasteiger charge is 2.24. The van der Waals surface area contributed by atoms with Crippen LogP contribution in [0.25, 0.3) is 0 Å². The van der Waals surface area contributed by atoms with E-state index in [0.717, 1.165) is 47.0 Å². The number of nitrogens with one attached hydrogen (secondary N) is 1. The van der Waals surface area contributed by atoms with E-state index >= 15 is 0 Å². The zero-order valence-electron chi connectivity index (χ0n) is 19.1. The molecule has 0 bridgehead atoms. The molecule has 0 unspecified atom stereocenters. The molecule has 8 heteroatoms. The largest absolute Gasteiger partial charge is 0.350 e. The van der Waals surface area contributed by atoms with Crippen molar-refractivity contribution in [2.24, 2.45) is 0 Å². The SMILES string of the molecule is Cc1cc(C)c(N(CC(=O)NCc2ccc(CN3CCCC3=O)cc2)S(C)(=O)=O)c(C)c1. The predicted molar refractivity (Wildman–Crippen MR) is 126 cm³/mol. The van der Waals surface area contributed by atoms with Crippen LogP contribution in [0.2, 0.25) is 0 Å². The van der Waals surface area contributed by atoms with Crippen LogP contribution in [-0.4, -0.2) is 44.5 Å². The van der Waals surface area contributed by atoms with Crippen molar-refractivity contribution in [2.75, 3.05) is 23.7 Å². The van der Waals surface area contributed by atoms with Crippen LogP contribution in [-0.2, 0) is 32.7 Å². The molecule has 0 radical (unpaired) electrons. The molecule has 0 atom stereocenters. The number of carbonyl (C=O) groups excluding carboxylic acids is 2. The molecule has 7 nitrogen and oxygen atoms in total. The lowest BCUT2D eigenvalue weighted by molar-refractivity contribution is -0.128. The Kier molecular flexibility index (Phi) is 7.23. The number of carbonyl (C=O) groups is 2. The number of benzene rings is 2. The summed E-state index contributed by atoms with van der Waals surface area (Å²) in [5.74, 6) is -0.183. The van der Waals surface area contributed by atoms with Gasteiger partial charge in [-0.15, -0.1) is 0 Å². The number of likely N-dealkylation sites (tertiary alicyclic amines) is 1. The summed E-state index contributed by atoms with van der Waals surface area (Å²) in [4.78, 5) is 26.2. The summed E-state index contributed by atoms with van der Waals surface area (Å²) < 4.78 is 26.1. The van der Waals surface area contributed by atoms with Crippen molar-refractivity contribution in [3.05, 3.63) is 64.2 Å². The van der Waals surface area contributed by atoms with E-state index in [9.17, 15) is 18.0 Å². The topological polar surface area (TPSA) is 86.8 Å². The van der Waals surface area contributed by atoms with Crippen LogP contribution in [0.3, 0.4) is 0 Å². The molecular formula is C24H31N3O4S. The van der Waals surface area contributed by atoms with Crippen LogP contribution in [0.5, 0.6) is 0 Å². The van der Waals surface area contributed by atoms with E-state index in [4.69, 9.17) is 0 Å². The smallest absolute Gasteiger partial charge is 0.241 e. The lowest BCUT2D eigenvalue weighted by Crippen LogP contribution is -2.40. The third-order valence-electron chi connectivity index (χ3n) is 5.63. The highest BCUT2D eigenvalue weighted by atomic mass is 32.2. The summed E-state index contributed by atoms with van der Waals surface area (Å²) in [5, 5.41) is 2.81. The van der Waals surface area contributed by atoms with E-state index in [0.29, 0.717) is 25.2 Å². The van der Waals surface area contributed by atoms with E-state index in [1.807, 2.05) is 62.1 Å². The summed E-state index contributed by atoms with van der Waals surface area (Å²) >= 11 is 0. The average Bonchev–Trinajstić information content (AvgIpc) is 3.09. The second-order valence-corrected chi connectivity index (χ2v) is 10.4. The van der Waals surface area contributed by atoms with Crippen molar-refractivity contribution in [3.8, 4) is 0 Å². The van der Waals surface area contributed by atoms with Gasteiger partial charge < -0.3 is 10.2 Å². The monoisotopic (exact) mass is 457 g/mol. The number of hydrogen-bond acceptors (Lipinski definition) is 4. The number of rotatable bonds is 8. The van der Waals surface area contributed by atoms with Gasteiger partial charge in [0.25, 0.3) is 0 Å². The van der Waals surface area contributed by atoms with Crippen molar-refractivity contribution in [1.29, 1.82) is 0 Å². The van der Waals surface area contributed by atoms with Gasteiger partial charge in [-0.3, -0.25) is 13.9 Å². The van der Waals surface area contributed by atoms with Gasteiger partial charge in [-0.2, -0.15) is 0 Å². The summed E-state index contributed by atoms with van der Waals surface area (Å²) in [6.45, 7) is 7.07. The molecule has 1 aliphatic rings. The first-order valence-electron chi connectivity index (χ1n) is 10.7. The molecular weight excluding hydrogens is 426 g/mol. The highest BCUT2D eigenvalue weighted by Crippen LogP contribution is 2.28. The van der Waals surface area contributed by atoms with Gasteiger partial charge in [0.15, 0.2) is 0 Å². The second-order valence-electron chi connectivity index (χ2n) is 8.53. The molecule has 1 saturated heterocycles. The molecule has 172 valence electrons. The zero-order valence-corrected chi connectivity index (χ0v) is 20.0. The Labute approximate surface area is 190 Å². The quantitative estimate of drug-likeness (QED) is 0.660. The van der Waals surface area contributed by atoms with Crippen molar-refractivity contribution in [1.82, 2.24) is 10.2 Å². The minimum absolute atomic E-state index is 0.191. The summed E-state index contributed by atoms with van der Waals surface area (Å²) in [7, 11) is -3.64. The number of amides is 2. The molecule has 0 aliphatic carbocycles. The maximum atomic E-state index is 12.6. The first-order valence-corrected chi connectivity index (χ1v) is 12.6. The molecule has 2 amide bonds. The Morgan fingerprint density at radius 3 is 2.19 bits per heavy atom. The molecule has 1 N–H and O–H groups in total. The Morgan fingerprint density at radius 1 is 1.06 bits per heavy atom. The minimum Gasteiger partial charge on any atom is -0.350 e. The van der Waals surface area contributed by atoms with Crippen LogP contribution in [0.1, 0.15) is 40.7 Å². The van der Waals surface area contributed by atoms with Gasteiger partial charge >= 0.3 is 0 Å². The van der Waals surface area contributed by atoms with Crippen molar-refractivity contribution < 1.29 is 18.0 Å². The fraction of sp³-hybridized carbons (Fsp3) is 0.417. The highest BCUT2D eigenvalue weighted by molar-refractivity contribution is 7.92. The Balaban J connectivity index is 1.63. The van der Waals surface area contributed by atoms with Crippen LogP contribution in [0.15, 0.2) is 36.4 Å². The minimum atomic E-state index is -3.64. The standard InChI is InChI=1S/C24H31N3O4S/c1-17-12-18(2)24(19(3)13-17)27(32(4,30)31)16-22(28)25-14-20-7-9-21(10-8-20)15-26-11-5-6-23(26)29/h7-10,12-13H,5-6,11,14-16H2,1-4H3,(H,25,28). The van der Waals surface area contributed by atoms with Crippen molar-refractivity contribution in [3.63, 3.8) is 0 Å². The van der Waals surface area contributed by atoms with E-state index < -0.39 is 10.0 Å². The molecule has 32 heavy (non-hydrogen) atoms. The maximum Gasteiger partial charge on any atom is 0.241 e. The normalized spacial score (nSPS) is 14.0. The predicted octanol–water partition coefficient (Wildman–Crippen LogP) is 2.82. The van der Waals surface area contributed by atoms with E-state index in [1.54, 1.807) is 0 Å². The van der Waals surface area contributed by atoms with Crippen LogP contribution in [0.4, 0.5) is 5.69 Å². The van der Waals surface area contributed by atoms with Crippen molar-refractivity contribution in [2.45, 2.75) is 46.7 Å². The molecule has 0 saturated carbocycles. The molecule has 1 aliphatic heterocycles. The molecule has 0 spiro atoms. The Bertz CT molecular complexity index is 1090. The molecule has 0 aromatic heterocycles. The van der Waals surface area contributed by atoms with Crippen molar-refractivity contribution >= 4 is 27.5 Å². The summed E-state index contributed by atoms with van der Waals surface area (Å²) in [6, 6.07) is 11.6. The number of anilines is 1. The molecule has 2 aromatic rings. The van der Waals surface area contributed by atoms with Gasteiger partial charge in [0.05, 0.1) is 11.9 Å². The number of aryl methyl sites for hydroxylation is 3. The third-order valence-corrected chi connectivity index (χ3v) is 6.74. The fourth-order valence-electron chi connectivity index (χ4n) is 4.17. The Hall–Kier alpha value is -2.87. The van der Waals surface area contributed by atoms with Gasteiger partial charge in [-0.25, -0.2) is 8.42 Å². The zero-order chi connectivity index (χ0) is 23.5. The van der Waals surface area contributed by atoms with Crippen LogP contribution in [0, 0.1) is 20.8 Å². The van der Waals surface area contributed by atoms with E-state index in [1.165, 1.54) is 4.31 Å². The first kappa shape index (κ1) is 23.8. The van der Waals surface area contributed by atoms with Gasteiger partial charge in [0.1, 0.15) is 6.54 Å². The third kappa shape index (κ3) is 5.88. The van der Waals surface area contributed by atoms with Crippen LogP contribution >= 0.6 is 0 Å². The van der Waals surface area contributed by atoms with Gasteiger partial charge in [0.2, 0.25) is 21.8 Å². The molecule has 1 fully saturated rings. The fourth-order valence-corrected chi connectivity index (χ4v) is 5.14. The Morgan fingerprint density at radius 2 is 1.66 bits per heavy atom. The average molecular weight is 458 g/mol. The van der Waals surface area contributed by atoms with Gasteiger partial charge in [-0.05, 0) is 49.4 Å². The van der Waals surface area contributed by atoms with E-state index in [-0.39, 0.29) is 18.4 Å². The molecule has 3 rings (SSSR count). The second kappa shape index (κ2) is 9.73. The number of hydrogen-bond donors (Lipinski definition) is 1. The van der Waals surface area contributed by atoms with Gasteiger partial charge in [0, 0.05) is 26.1 Å². The summed E-state index contributed by atoms with van der Waals surface area (Å²) in [6.07, 6.45) is 2.65. The first-order chi connectivity index (χ1) is 15.0. The molecule has 1 heterocycles. The number of nitrogens with zero attached hydrogens (tertiary/aromatic N) is 2. The number of sulfonamides is 1. The van der Waals surface area contributed by atoms with Gasteiger partial charge in [-0.1, -0.05) is 42.0 Å². The molecule has 2 aromatic carbocycles. The lowest BCUT2D eigenvalue weighted by Gasteiger charge is -2.26. The van der Waals surface area contributed by atoms with E-state index in [2.05, 4.69) is 5.32 Å².